The molecule has 1 aromatic rings. The Bertz CT molecular complexity index is 540. The molecule has 0 saturated carbocycles. The molecule has 0 radical (unpaired) electrons. The van der Waals surface area contributed by atoms with Crippen LogP contribution >= 0.6 is 0 Å². The van der Waals surface area contributed by atoms with Crippen molar-refractivity contribution >= 4 is 10.0 Å². The van der Waals surface area contributed by atoms with Crippen LogP contribution in [0.3, 0.4) is 0 Å². The van der Waals surface area contributed by atoms with Crippen LogP contribution in [0.1, 0.15) is 32.9 Å². The number of rotatable bonds is 9. The minimum absolute atomic E-state index is 0.208. The fourth-order valence-corrected chi connectivity index (χ4v) is 4.16. The van der Waals surface area contributed by atoms with E-state index in [9.17, 15) is 8.42 Å². The smallest absolute Gasteiger partial charge is 0.244 e. The normalized spacial score (nSPS) is 13.8. The van der Waals surface area contributed by atoms with Crippen LogP contribution < -0.4 is 5.73 Å². The third-order valence-corrected chi connectivity index (χ3v) is 5.51. The number of nitrogens with two attached hydrogens (primary N) is 1. The Morgan fingerprint density at radius 1 is 1.43 bits per heavy atom. The molecule has 0 amide bonds. The van der Waals surface area contributed by atoms with E-state index in [2.05, 4.69) is 0 Å². The number of nitrogens with zero attached hydrogens (tertiary/aromatic N) is 2. The van der Waals surface area contributed by atoms with Gasteiger partial charge in [-0.3, -0.25) is 0 Å². The topological polar surface area (TPSA) is 77.6 Å². The predicted octanol–water partition coefficient (Wildman–Crippen LogP) is 1.40. The van der Waals surface area contributed by atoms with Gasteiger partial charge in [0.25, 0.3) is 0 Å². The van der Waals surface area contributed by atoms with Crippen molar-refractivity contribution in [3.63, 3.8) is 0 Å². The molecule has 1 unspecified atom stereocenters. The van der Waals surface area contributed by atoms with Crippen molar-refractivity contribution in [1.29, 1.82) is 0 Å². The van der Waals surface area contributed by atoms with Crippen LogP contribution in [-0.4, -0.2) is 43.6 Å². The zero-order chi connectivity index (χ0) is 16.0. The van der Waals surface area contributed by atoms with Crippen molar-refractivity contribution in [3.05, 3.63) is 18.0 Å². The molecule has 1 aromatic heterocycles. The van der Waals surface area contributed by atoms with Crippen LogP contribution in [0.2, 0.25) is 0 Å². The third-order valence-electron chi connectivity index (χ3n) is 3.45. The molecule has 0 spiro atoms. The number of aryl methyl sites for hydroxylation is 1. The zero-order valence-electron chi connectivity index (χ0n) is 13.4. The highest BCUT2D eigenvalue weighted by molar-refractivity contribution is 7.89. The van der Waals surface area contributed by atoms with E-state index in [0.717, 1.165) is 18.7 Å². The van der Waals surface area contributed by atoms with E-state index < -0.39 is 10.0 Å². The molecule has 0 bridgehead atoms. The van der Waals surface area contributed by atoms with Gasteiger partial charge >= 0.3 is 0 Å². The molecule has 2 N–H and O–H groups in total. The molecule has 0 aromatic carbocycles. The average molecular weight is 317 g/mol. The predicted molar refractivity (Wildman–Crippen MR) is 83.5 cm³/mol. The van der Waals surface area contributed by atoms with Crippen molar-refractivity contribution in [2.24, 2.45) is 5.73 Å². The van der Waals surface area contributed by atoms with E-state index in [4.69, 9.17) is 10.5 Å². The summed E-state index contributed by atoms with van der Waals surface area (Å²) in [5.41, 5.74) is 6.54. The van der Waals surface area contributed by atoms with Crippen molar-refractivity contribution in [3.8, 4) is 0 Å². The fourth-order valence-electron chi connectivity index (χ4n) is 2.47. The van der Waals surface area contributed by atoms with Crippen LogP contribution in [0.25, 0.3) is 0 Å². The van der Waals surface area contributed by atoms with Crippen molar-refractivity contribution in [2.45, 2.75) is 51.2 Å². The molecule has 21 heavy (non-hydrogen) atoms. The van der Waals surface area contributed by atoms with Crippen LogP contribution in [0.5, 0.6) is 0 Å². The minimum Gasteiger partial charge on any atom is -0.383 e. The number of ether oxygens (including phenoxy) is 1. The monoisotopic (exact) mass is 317 g/mol. The van der Waals surface area contributed by atoms with Gasteiger partial charge in [0, 0.05) is 44.7 Å². The number of hydrogen-bond acceptors (Lipinski definition) is 4. The highest BCUT2D eigenvalue weighted by Gasteiger charge is 2.29. The van der Waals surface area contributed by atoms with Gasteiger partial charge in [0.05, 0.1) is 6.61 Å². The van der Waals surface area contributed by atoms with Crippen molar-refractivity contribution in [2.75, 3.05) is 20.3 Å². The van der Waals surface area contributed by atoms with Gasteiger partial charge in [-0.05, 0) is 19.4 Å². The first kappa shape index (κ1) is 18.2. The molecule has 0 saturated heterocycles. The lowest BCUT2D eigenvalue weighted by molar-refractivity contribution is 0.142. The van der Waals surface area contributed by atoms with Gasteiger partial charge in [0.15, 0.2) is 0 Å². The van der Waals surface area contributed by atoms with Gasteiger partial charge in [0.2, 0.25) is 10.0 Å². The van der Waals surface area contributed by atoms with E-state index in [1.807, 2.05) is 25.3 Å². The zero-order valence-corrected chi connectivity index (χ0v) is 14.2. The maximum Gasteiger partial charge on any atom is 0.244 e. The van der Waals surface area contributed by atoms with E-state index in [1.54, 1.807) is 19.4 Å². The number of sulfonamides is 1. The maximum absolute atomic E-state index is 12.8. The van der Waals surface area contributed by atoms with E-state index in [-0.39, 0.29) is 6.04 Å². The molecule has 7 heteroatoms. The van der Waals surface area contributed by atoms with Crippen molar-refractivity contribution < 1.29 is 13.2 Å². The quantitative estimate of drug-likeness (QED) is 0.747. The van der Waals surface area contributed by atoms with Gasteiger partial charge in [-0.1, -0.05) is 13.8 Å². The second-order valence-corrected chi connectivity index (χ2v) is 6.97. The summed E-state index contributed by atoms with van der Waals surface area (Å²) < 4.78 is 34.0. The van der Waals surface area contributed by atoms with Crippen molar-refractivity contribution in [1.82, 2.24) is 8.87 Å². The Labute approximate surface area is 127 Å². The van der Waals surface area contributed by atoms with Crippen LogP contribution in [-0.2, 0) is 27.8 Å². The summed E-state index contributed by atoms with van der Waals surface area (Å²) in [6.45, 7) is 7.59. The molecule has 0 fully saturated rings. The molecule has 1 heterocycles. The molecule has 0 aliphatic rings. The molecular formula is C14H27N3O3S. The van der Waals surface area contributed by atoms with Crippen LogP contribution in [0, 0.1) is 0 Å². The van der Waals surface area contributed by atoms with Gasteiger partial charge in [-0.15, -0.1) is 0 Å². The number of methoxy groups -OCH3 is 1. The Kier molecular flexibility index (Phi) is 6.86. The molecular weight excluding hydrogens is 290 g/mol. The number of hydrogen-bond donors (Lipinski definition) is 1. The molecule has 1 atom stereocenters. The van der Waals surface area contributed by atoms with E-state index in [0.29, 0.717) is 24.6 Å². The minimum atomic E-state index is -3.53. The molecule has 6 nitrogen and oxygen atoms in total. The fraction of sp³-hybridized carbons (Fsp3) is 0.714. The van der Waals surface area contributed by atoms with Gasteiger partial charge in [-0.2, -0.15) is 4.31 Å². The maximum atomic E-state index is 12.8. The summed E-state index contributed by atoms with van der Waals surface area (Å²) >= 11 is 0. The number of aromatic nitrogens is 1. The molecule has 1 rings (SSSR count). The summed E-state index contributed by atoms with van der Waals surface area (Å²) in [5.74, 6) is 0. The van der Waals surface area contributed by atoms with E-state index >= 15 is 0 Å². The number of likely N-dealkylation sites (N-methyl/N-ethyl adjacent to an activating group) is 1. The summed E-state index contributed by atoms with van der Waals surface area (Å²) in [6, 6.07) is 1.47. The molecule has 0 aliphatic carbocycles. The second kappa shape index (κ2) is 7.93. The Morgan fingerprint density at radius 2 is 2.10 bits per heavy atom. The Balaban J connectivity index is 3.16. The highest BCUT2D eigenvalue weighted by atomic mass is 32.2. The highest BCUT2D eigenvalue weighted by Crippen LogP contribution is 2.21. The Morgan fingerprint density at radius 3 is 2.57 bits per heavy atom. The van der Waals surface area contributed by atoms with Gasteiger partial charge in [-0.25, -0.2) is 8.42 Å². The van der Waals surface area contributed by atoms with E-state index in [1.165, 1.54) is 4.31 Å². The third kappa shape index (κ3) is 4.06. The Hall–Kier alpha value is -0.890. The molecule has 122 valence electrons. The van der Waals surface area contributed by atoms with Gasteiger partial charge < -0.3 is 15.0 Å². The lowest BCUT2D eigenvalue weighted by atomic mass is 10.4. The summed E-state index contributed by atoms with van der Waals surface area (Å²) in [7, 11) is -1.96. The lowest BCUT2D eigenvalue weighted by Gasteiger charge is -2.26. The average Bonchev–Trinajstić information content (AvgIpc) is 2.84. The lowest BCUT2D eigenvalue weighted by Crippen LogP contribution is -2.40. The SMILES string of the molecule is CCCn1cc(S(=O)(=O)N(CC)C(C)COC)cc1CN. The first-order valence-electron chi connectivity index (χ1n) is 7.32. The van der Waals surface area contributed by atoms with Crippen LogP contribution in [0.15, 0.2) is 17.2 Å². The van der Waals surface area contributed by atoms with Gasteiger partial charge in [0.1, 0.15) is 4.90 Å². The standard InChI is InChI=1S/C14H27N3O3S/c1-5-7-16-10-14(8-13(16)9-15)21(18,19)17(6-2)12(3)11-20-4/h8,10,12H,5-7,9,11,15H2,1-4H3. The van der Waals surface area contributed by atoms with Crippen LogP contribution in [0.4, 0.5) is 0 Å². The molecule has 0 aliphatic heterocycles. The first-order chi connectivity index (χ1) is 9.92. The summed E-state index contributed by atoms with van der Waals surface area (Å²) in [4.78, 5) is 0.307. The summed E-state index contributed by atoms with van der Waals surface area (Å²) in [6.07, 6.45) is 2.61. The first-order valence-corrected chi connectivity index (χ1v) is 8.76. The second-order valence-electron chi connectivity index (χ2n) is 5.08. The largest absolute Gasteiger partial charge is 0.383 e. The summed E-state index contributed by atoms with van der Waals surface area (Å²) in [5, 5.41) is 0.